The topological polar surface area (TPSA) is 54.0 Å². The maximum Gasteiger partial charge on any atom is 0.257 e. The predicted octanol–water partition coefficient (Wildman–Crippen LogP) is 3.77. The zero-order valence-electron chi connectivity index (χ0n) is 12.9. The molecule has 1 aromatic carbocycles. The van der Waals surface area contributed by atoms with E-state index in [1.54, 1.807) is 12.4 Å². The largest absolute Gasteiger partial charge is 0.382 e. The second kappa shape index (κ2) is 6.39. The second-order valence-corrected chi connectivity index (χ2v) is 5.53. The molecule has 0 unspecified atom stereocenters. The second-order valence-electron chi connectivity index (χ2n) is 5.53. The summed E-state index contributed by atoms with van der Waals surface area (Å²) in [6.07, 6.45) is 3.29. The standard InChI is InChI=1S/C17H21N3O/c1-11(2)19-15-8-14(9-18-10-15)17(21)20-16-7-12(3)5-6-13(16)4/h5-11,19H,1-4H3,(H,20,21). The molecule has 0 aliphatic rings. The zero-order valence-corrected chi connectivity index (χ0v) is 12.9. The van der Waals surface area contributed by atoms with Crippen LogP contribution in [0.25, 0.3) is 0 Å². The number of hydrogen-bond acceptors (Lipinski definition) is 3. The molecule has 0 radical (unpaired) electrons. The number of anilines is 2. The highest BCUT2D eigenvalue weighted by Gasteiger charge is 2.09. The Morgan fingerprint density at radius 1 is 1.14 bits per heavy atom. The van der Waals surface area contributed by atoms with Crippen LogP contribution in [-0.4, -0.2) is 16.9 Å². The molecule has 0 saturated carbocycles. The third-order valence-corrected chi connectivity index (χ3v) is 3.10. The van der Waals surface area contributed by atoms with E-state index in [-0.39, 0.29) is 5.91 Å². The summed E-state index contributed by atoms with van der Waals surface area (Å²) in [5.74, 6) is -0.149. The summed E-state index contributed by atoms with van der Waals surface area (Å²) in [6.45, 7) is 8.07. The van der Waals surface area contributed by atoms with Crippen LogP contribution in [0.15, 0.2) is 36.7 Å². The number of aromatic nitrogens is 1. The van der Waals surface area contributed by atoms with Gasteiger partial charge in [-0.15, -0.1) is 0 Å². The van der Waals surface area contributed by atoms with Crippen LogP contribution in [0.5, 0.6) is 0 Å². The van der Waals surface area contributed by atoms with E-state index >= 15 is 0 Å². The van der Waals surface area contributed by atoms with E-state index < -0.39 is 0 Å². The van der Waals surface area contributed by atoms with Gasteiger partial charge >= 0.3 is 0 Å². The van der Waals surface area contributed by atoms with Crippen LogP contribution in [0.2, 0.25) is 0 Å². The lowest BCUT2D eigenvalue weighted by Gasteiger charge is -2.12. The molecule has 2 rings (SSSR count). The molecule has 110 valence electrons. The summed E-state index contributed by atoms with van der Waals surface area (Å²) in [7, 11) is 0. The van der Waals surface area contributed by atoms with Gasteiger partial charge in [-0.25, -0.2) is 0 Å². The van der Waals surface area contributed by atoms with E-state index in [9.17, 15) is 4.79 Å². The van der Waals surface area contributed by atoms with E-state index in [4.69, 9.17) is 0 Å². The summed E-state index contributed by atoms with van der Waals surface area (Å²) in [6, 6.07) is 8.11. The third kappa shape index (κ3) is 4.05. The van der Waals surface area contributed by atoms with Crippen LogP contribution in [0, 0.1) is 13.8 Å². The van der Waals surface area contributed by atoms with Gasteiger partial charge in [0.15, 0.2) is 0 Å². The molecule has 0 aliphatic heterocycles. The summed E-state index contributed by atoms with van der Waals surface area (Å²) < 4.78 is 0. The number of pyridine rings is 1. The molecule has 2 aromatic rings. The molecule has 1 aromatic heterocycles. The van der Waals surface area contributed by atoms with E-state index in [2.05, 4.69) is 15.6 Å². The van der Waals surface area contributed by atoms with Gasteiger partial charge in [0.1, 0.15) is 0 Å². The minimum absolute atomic E-state index is 0.149. The number of rotatable bonds is 4. The van der Waals surface area contributed by atoms with Crippen molar-refractivity contribution >= 4 is 17.3 Å². The summed E-state index contributed by atoms with van der Waals surface area (Å²) >= 11 is 0. The van der Waals surface area contributed by atoms with Gasteiger partial charge in [-0.05, 0) is 51.0 Å². The number of carbonyl (C=O) groups excluding carboxylic acids is 1. The minimum atomic E-state index is -0.149. The number of carbonyl (C=O) groups is 1. The first-order valence-electron chi connectivity index (χ1n) is 7.06. The van der Waals surface area contributed by atoms with E-state index in [0.29, 0.717) is 11.6 Å². The Morgan fingerprint density at radius 2 is 1.90 bits per heavy atom. The fourth-order valence-electron chi connectivity index (χ4n) is 2.04. The molecule has 0 aliphatic carbocycles. The van der Waals surface area contributed by atoms with E-state index in [0.717, 1.165) is 22.5 Å². The van der Waals surface area contributed by atoms with Gasteiger partial charge in [-0.2, -0.15) is 0 Å². The first-order chi connectivity index (χ1) is 9.95. The molecule has 0 atom stereocenters. The molecule has 4 nitrogen and oxygen atoms in total. The molecule has 0 fully saturated rings. The normalized spacial score (nSPS) is 10.5. The Bertz CT molecular complexity index is 650. The lowest BCUT2D eigenvalue weighted by molar-refractivity contribution is 0.102. The number of hydrogen-bond donors (Lipinski definition) is 2. The highest BCUT2D eigenvalue weighted by molar-refractivity contribution is 6.05. The van der Waals surface area contributed by atoms with Crippen molar-refractivity contribution in [3.63, 3.8) is 0 Å². The number of benzene rings is 1. The van der Waals surface area contributed by atoms with Crippen molar-refractivity contribution in [2.24, 2.45) is 0 Å². The van der Waals surface area contributed by atoms with E-state index in [1.165, 1.54) is 0 Å². The van der Waals surface area contributed by atoms with Gasteiger partial charge in [0.2, 0.25) is 0 Å². The first-order valence-corrected chi connectivity index (χ1v) is 7.06. The highest BCUT2D eigenvalue weighted by Crippen LogP contribution is 2.18. The Morgan fingerprint density at radius 3 is 2.62 bits per heavy atom. The summed E-state index contributed by atoms with van der Waals surface area (Å²) in [4.78, 5) is 16.5. The van der Waals surface area contributed by atoms with Crippen LogP contribution in [0.3, 0.4) is 0 Å². The molecule has 2 N–H and O–H groups in total. The predicted molar refractivity (Wildman–Crippen MR) is 86.9 cm³/mol. The molecule has 1 amide bonds. The number of nitrogens with one attached hydrogen (secondary N) is 2. The molecule has 0 spiro atoms. The lowest BCUT2D eigenvalue weighted by Crippen LogP contribution is -2.15. The average Bonchev–Trinajstić information content (AvgIpc) is 2.42. The number of nitrogens with zero attached hydrogens (tertiary/aromatic N) is 1. The van der Waals surface area contributed by atoms with Crippen molar-refractivity contribution in [3.8, 4) is 0 Å². The number of amides is 1. The van der Waals surface area contributed by atoms with Gasteiger partial charge in [-0.3, -0.25) is 9.78 Å². The monoisotopic (exact) mass is 283 g/mol. The van der Waals surface area contributed by atoms with Crippen molar-refractivity contribution in [1.82, 2.24) is 4.98 Å². The quantitative estimate of drug-likeness (QED) is 0.898. The maximum atomic E-state index is 12.3. The van der Waals surface area contributed by atoms with Crippen LogP contribution in [0.4, 0.5) is 11.4 Å². The number of aryl methyl sites for hydroxylation is 2. The molecular formula is C17H21N3O. The zero-order chi connectivity index (χ0) is 15.4. The Balaban J connectivity index is 2.18. The first kappa shape index (κ1) is 15.0. The maximum absolute atomic E-state index is 12.3. The van der Waals surface area contributed by atoms with Crippen LogP contribution >= 0.6 is 0 Å². The molecule has 0 saturated heterocycles. The van der Waals surface area contributed by atoms with Gasteiger partial charge in [-0.1, -0.05) is 12.1 Å². The molecule has 0 bridgehead atoms. The minimum Gasteiger partial charge on any atom is -0.382 e. The molecule has 1 heterocycles. The van der Waals surface area contributed by atoms with Gasteiger partial charge in [0.05, 0.1) is 11.3 Å². The van der Waals surface area contributed by atoms with Crippen LogP contribution in [-0.2, 0) is 0 Å². The average molecular weight is 283 g/mol. The van der Waals surface area contributed by atoms with Gasteiger partial charge in [0.25, 0.3) is 5.91 Å². The lowest BCUT2D eigenvalue weighted by atomic mass is 10.1. The van der Waals surface area contributed by atoms with Crippen molar-refractivity contribution in [2.75, 3.05) is 10.6 Å². The van der Waals surface area contributed by atoms with Gasteiger partial charge < -0.3 is 10.6 Å². The molecule has 4 heteroatoms. The Kier molecular flexibility index (Phi) is 4.58. The molecular weight excluding hydrogens is 262 g/mol. The van der Waals surface area contributed by atoms with Crippen molar-refractivity contribution in [3.05, 3.63) is 53.3 Å². The Hall–Kier alpha value is -2.36. The fraction of sp³-hybridized carbons (Fsp3) is 0.294. The third-order valence-electron chi connectivity index (χ3n) is 3.10. The van der Waals surface area contributed by atoms with Crippen molar-refractivity contribution < 1.29 is 4.79 Å². The SMILES string of the molecule is Cc1ccc(C)c(NC(=O)c2cncc(NC(C)C)c2)c1. The summed E-state index contributed by atoms with van der Waals surface area (Å²) in [5, 5.41) is 6.18. The van der Waals surface area contributed by atoms with E-state index in [1.807, 2.05) is 52.0 Å². The smallest absolute Gasteiger partial charge is 0.257 e. The highest BCUT2D eigenvalue weighted by atomic mass is 16.1. The van der Waals surface area contributed by atoms with Gasteiger partial charge in [0, 0.05) is 24.1 Å². The fourth-order valence-corrected chi connectivity index (χ4v) is 2.04. The summed E-state index contributed by atoms with van der Waals surface area (Å²) in [5.41, 5.74) is 4.38. The molecule has 21 heavy (non-hydrogen) atoms. The van der Waals surface area contributed by atoms with Crippen molar-refractivity contribution in [2.45, 2.75) is 33.7 Å². The van der Waals surface area contributed by atoms with Crippen LogP contribution in [0.1, 0.15) is 35.3 Å². The van der Waals surface area contributed by atoms with Crippen molar-refractivity contribution in [1.29, 1.82) is 0 Å². The Labute approximate surface area is 125 Å². The van der Waals surface area contributed by atoms with Crippen LogP contribution < -0.4 is 10.6 Å².